The molecule has 0 spiro atoms. The third-order valence-corrected chi connectivity index (χ3v) is 9.21. The molecule has 0 aliphatic rings. The number of furan rings is 1. The quantitative estimate of drug-likeness (QED) is 0.204. The van der Waals surface area contributed by atoms with Crippen LogP contribution in [0.25, 0.3) is 86.6 Å². The van der Waals surface area contributed by atoms with Crippen LogP contribution in [-0.2, 0) is 0 Å². The minimum atomic E-state index is 0.929. The van der Waals surface area contributed by atoms with Gasteiger partial charge in [0.25, 0.3) is 0 Å². The van der Waals surface area contributed by atoms with Gasteiger partial charge in [-0.3, -0.25) is 0 Å². The lowest BCUT2D eigenvalue weighted by Crippen LogP contribution is -1.91. The van der Waals surface area contributed by atoms with E-state index in [1.165, 1.54) is 75.4 Å². The molecule has 40 heavy (non-hydrogen) atoms. The molecule has 7 aromatic carbocycles. The van der Waals surface area contributed by atoms with Crippen molar-refractivity contribution in [3.8, 4) is 22.3 Å². The van der Waals surface area contributed by atoms with Crippen molar-refractivity contribution in [2.24, 2.45) is 0 Å². The Morgan fingerprint density at radius 3 is 1.77 bits per heavy atom. The fourth-order valence-electron chi connectivity index (χ4n) is 6.57. The first-order valence-electron chi connectivity index (χ1n) is 13.6. The number of benzene rings is 7. The molecule has 0 aliphatic carbocycles. The van der Waals surface area contributed by atoms with E-state index in [9.17, 15) is 0 Å². The minimum Gasteiger partial charge on any atom is -0.456 e. The van der Waals surface area contributed by atoms with E-state index in [2.05, 4.69) is 133 Å². The Morgan fingerprint density at radius 2 is 1.05 bits per heavy atom. The van der Waals surface area contributed by atoms with Crippen LogP contribution < -0.4 is 0 Å². The first-order valence-corrected chi connectivity index (χ1v) is 14.5. The molecule has 2 heterocycles. The Hall–Kier alpha value is -4.92. The number of fused-ring (bicyclic) bond motifs is 8. The highest BCUT2D eigenvalue weighted by atomic mass is 32.1. The van der Waals surface area contributed by atoms with Gasteiger partial charge in [-0.15, -0.1) is 11.3 Å². The zero-order chi connectivity index (χ0) is 26.2. The molecule has 0 aliphatic heterocycles. The Labute approximate surface area is 234 Å². The third-order valence-electron chi connectivity index (χ3n) is 8.33. The summed E-state index contributed by atoms with van der Waals surface area (Å²) in [5, 5.41) is 13.3. The SMILES string of the molecule is c1ccc2cc(-c3c4ccccc4c(-c4ccc5c(c4)oc4ccc6sccc6c45)c4ccccc34)ccc2c1. The Morgan fingerprint density at radius 1 is 0.425 bits per heavy atom. The minimum absolute atomic E-state index is 0.929. The van der Waals surface area contributed by atoms with E-state index < -0.39 is 0 Å². The highest BCUT2D eigenvalue weighted by Gasteiger charge is 2.18. The predicted molar refractivity (Wildman–Crippen MR) is 172 cm³/mol. The van der Waals surface area contributed by atoms with Gasteiger partial charge in [0.05, 0.1) is 0 Å². The van der Waals surface area contributed by atoms with Crippen LogP contribution in [-0.4, -0.2) is 0 Å². The maximum absolute atomic E-state index is 6.45. The third kappa shape index (κ3) is 3.08. The van der Waals surface area contributed by atoms with Crippen molar-refractivity contribution in [1.29, 1.82) is 0 Å². The van der Waals surface area contributed by atoms with Gasteiger partial charge in [0.2, 0.25) is 0 Å². The molecular formula is C38H22OS. The van der Waals surface area contributed by atoms with E-state index in [4.69, 9.17) is 4.42 Å². The van der Waals surface area contributed by atoms with Crippen molar-refractivity contribution in [2.75, 3.05) is 0 Å². The molecule has 0 radical (unpaired) electrons. The summed E-state index contributed by atoms with van der Waals surface area (Å²) in [7, 11) is 0. The molecule has 1 nitrogen and oxygen atoms in total. The molecule has 9 rings (SSSR count). The van der Waals surface area contributed by atoms with Gasteiger partial charge in [-0.25, -0.2) is 0 Å². The summed E-state index contributed by atoms with van der Waals surface area (Å²) in [6.45, 7) is 0. The monoisotopic (exact) mass is 526 g/mol. The van der Waals surface area contributed by atoms with Crippen LogP contribution in [0.2, 0.25) is 0 Å². The van der Waals surface area contributed by atoms with Crippen molar-refractivity contribution in [3.63, 3.8) is 0 Å². The first-order chi connectivity index (χ1) is 19.8. The fraction of sp³-hybridized carbons (Fsp3) is 0. The standard InChI is InChI=1S/C38H22OS/c1-2-8-24-21-25(14-13-23(24)7-1)36-27-9-3-5-11-29(27)37(30-12-6-4-10-28(30)36)26-15-16-31-34(22-26)39-33-17-18-35-32(38(31)33)19-20-40-35/h1-22H. The lowest BCUT2D eigenvalue weighted by atomic mass is 9.85. The van der Waals surface area contributed by atoms with Crippen molar-refractivity contribution < 1.29 is 4.42 Å². The molecule has 9 aromatic rings. The van der Waals surface area contributed by atoms with Crippen LogP contribution >= 0.6 is 11.3 Å². The molecule has 186 valence electrons. The lowest BCUT2D eigenvalue weighted by Gasteiger charge is -2.18. The second-order valence-electron chi connectivity index (χ2n) is 10.5. The molecule has 0 amide bonds. The topological polar surface area (TPSA) is 13.1 Å². The zero-order valence-corrected chi connectivity index (χ0v) is 22.3. The molecule has 0 unspecified atom stereocenters. The molecule has 0 saturated carbocycles. The molecule has 0 N–H and O–H groups in total. The van der Waals surface area contributed by atoms with E-state index in [1.54, 1.807) is 11.3 Å². The van der Waals surface area contributed by atoms with Crippen molar-refractivity contribution in [3.05, 3.63) is 133 Å². The van der Waals surface area contributed by atoms with Crippen LogP contribution in [0.4, 0.5) is 0 Å². The van der Waals surface area contributed by atoms with Crippen molar-refractivity contribution >= 4 is 75.7 Å². The van der Waals surface area contributed by atoms with Gasteiger partial charge < -0.3 is 4.42 Å². The fourth-order valence-corrected chi connectivity index (χ4v) is 7.36. The van der Waals surface area contributed by atoms with Gasteiger partial charge in [0.1, 0.15) is 11.2 Å². The van der Waals surface area contributed by atoms with Crippen LogP contribution in [0.3, 0.4) is 0 Å². The summed E-state index contributed by atoms with van der Waals surface area (Å²) in [6.07, 6.45) is 0. The highest BCUT2D eigenvalue weighted by molar-refractivity contribution is 7.17. The number of hydrogen-bond donors (Lipinski definition) is 0. The molecule has 0 fully saturated rings. The average Bonchev–Trinajstić information content (AvgIpc) is 3.63. The van der Waals surface area contributed by atoms with Crippen molar-refractivity contribution in [1.82, 2.24) is 0 Å². The predicted octanol–water partition coefficient (Wildman–Crippen LogP) is 11.6. The van der Waals surface area contributed by atoms with Crippen molar-refractivity contribution in [2.45, 2.75) is 0 Å². The maximum atomic E-state index is 6.45. The molecular weight excluding hydrogens is 504 g/mol. The number of thiophene rings is 1. The maximum Gasteiger partial charge on any atom is 0.136 e. The van der Waals surface area contributed by atoms with Gasteiger partial charge >= 0.3 is 0 Å². The molecule has 2 heteroatoms. The van der Waals surface area contributed by atoms with E-state index in [-0.39, 0.29) is 0 Å². The zero-order valence-electron chi connectivity index (χ0n) is 21.5. The normalized spacial score (nSPS) is 12.0. The van der Waals surface area contributed by atoms with Crippen LogP contribution in [0, 0.1) is 0 Å². The molecule has 0 bridgehead atoms. The molecule has 0 saturated heterocycles. The Balaban J connectivity index is 1.36. The summed E-state index contributed by atoms with van der Waals surface area (Å²) in [5.74, 6) is 0. The Bertz CT molecular complexity index is 2380. The molecule has 2 aromatic heterocycles. The van der Waals surface area contributed by atoms with Gasteiger partial charge in [0.15, 0.2) is 0 Å². The van der Waals surface area contributed by atoms with Crippen LogP contribution in [0.1, 0.15) is 0 Å². The van der Waals surface area contributed by atoms with Gasteiger partial charge in [-0.2, -0.15) is 0 Å². The van der Waals surface area contributed by atoms with Crippen LogP contribution in [0.5, 0.6) is 0 Å². The van der Waals surface area contributed by atoms with E-state index in [0.29, 0.717) is 0 Å². The summed E-state index contributed by atoms with van der Waals surface area (Å²) in [6, 6.07) is 46.3. The van der Waals surface area contributed by atoms with Gasteiger partial charge in [-0.1, -0.05) is 91.0 Å². The number of hydrogen-bond acceptors (Lipinski definition) is 2. The second kappa shape index (κ2) is 8.29. The lowest BCUT2D eigenvalue weighted by molar-refractivity contribution is 0.669. The van der Waals surface area contributed by atoms with Crippen LogP contribution in [0.15, 0.2) is 137 Å². The highest BCUT2D eigenvalue weighted by Crippen LogP contribution is 2.45. The Kier molecular flexibility index (Phi) is 4.55. The summed E-state index contributed by atoms with van der Waals surface area (Å²) in [5.41, 5.74) is 6.82. The summed E-state index contributed by atoms with van der Waals surface area (Å²) >= 11 is 1.78. The molecule has 0 atom stereocenters. The smallest absolute Gasteiger partial charge is 0.136 e. The summed E-state index contributed by atoms with van der Waals surface area (Å²) in [4.78, 5) is 0. The van der Waals surface area contributed by atoms with Gasteiger partial charge in [0, 0.05) is 20.9 Å². The second-order valence-corrected chi connectivity index (χ2v) is 11.4. The summed E-state index contributed by atoms with van der Waals surface area (Å²) < 4.78 is 7.75. The van der Waals surface area contributed by atoms with Gasteiger partial charge in [-0.05, 0) is 96.3 Å². The average molecular weight is 527 g/mol. The van der Waals surface area contributed by atoms with E-state index >= 15 is 0 Å². The van der Waals surface area contributed by atoms with E-state index in [0.717, 1.165) is 11.2 Å². The first kappa shape index (κ1) is 22.0. The number of rotatable bonds is 2. The largest absolute Gasteiger partial charge is 0.456 e. The van der Waals surface area contributed by atoms with E-state index in [1.807, 2.05) is 0 Å².